The molecule has 0 spiro atoms. The van der Waals surface area contributed by atoms with Gasteiger partial charge in [-0.2, -0.15) is 0 Å². The van der Waals surface area contributed by atoms with Gasteiger partial charge in [-0.15, -0.1) is 0 Å². The van der Waals surface area contributed by atoms with Crippen LogP contribution in [0.5, 0.6) is 0 Å². The van der Waals surface area contributed by atoms with Gasteiger partial charge in [0, 0.05) is 30.8 Å². The van der Waals surface area contributed by atoms with Gasteiger partial charge in [-0.1, -0.05) is 27.7 Å². The maximum atomic E-state index is 4.46. The molecule has 110 valence electrons. The molecule has 3 aliphatic rings. The highest BCUT2D eigenvalue weighted by molar-refractivity contribution is 5.96. The van der Waals surface area contributed by atoms with E-state index in [0.29, 0.717) is 5.92 Å². The molecule has 1 saturated carbocycles. The first-order chi connectivity index (χ1) is 9.45. The van der Waals surface area contributed by atoms with Crippen molar-refractivity contribution in [3.63, 3.8) is 0 Å². The third-order valence-electron chi connectivity index (χ3n) is 4.93. The van der Waals surface area contributed by atoms with Crippen LogP contribution in [0, 0.1) is 17.3 Å². The van der Waals surface area contributed by atoms with Crippen LogP contribution in [0.2, 0.25) is 0 Å². The van der Waals surface area contributed by atoms with Crippen molar-refractivity contribution >= 4 is 5.84 Å². The number of hydrogen-bond acceptors (Lipinski definition) is 3. The molecule has 2 heterocycles. The lowest BCUT2D eigenvalue weighted by Crippen LogP contribution is -2.46. The van der Waals surface area contributed by atoms with Crippen LogP contribution >= 0.6 is 0 Å². The highest BCUT2D eigenvalue weighted by Gasteiger charge is 2.43. The molecule has 0 unspecified atom stereocenters. The molecule has 20 heavy (non-hydrogen) atoms. The van der Waals surface area contributed by atoms with Gasteiger partial charge in [-0.25, -0.2) is 10.4 Å². The van der Waals surface area contributed by atoms with Gasteiger partial charge >= 0.3 is 0 Å². The zero-order chi connectivity index (χ0) is 14.5. The van der Waals surface area contributed by atoms with Gasteiger partial charge in [0.15, 0.2) is 0 Å². The van der Waals surface area contributed by atoms with Gasteiger partial charge in [0.25, 0.3) is 0 Å². The Morgan fingerprint density at radius 3 is 2.60 bits per heavy atom. The van der Waals surface area contributed by atoms with Crippen LogP contribution in [0.15, 0.2) is 28.2 Å². The Balaban J connectivity index is 2.00. The largest absolute Gasteiger partial charge is 0.343 e. The van der Waals surface area contributed by atoms with E-state index < -0.39 is 0 Å². The maximum absolute atomic E-state index is 4.46. The van der Waals surface area contributed by atoms with Crippen molar-refractivity contribution in [2.75, 3.05) is 13.6 Å². The number of aliphatic imine (C=N–C) groups is 1. The summed E-state index contributed by atoms with van der Waals surface area (Å²) in [4.78, 5) is 4.46. The van der Waals surface area contributed by atoms with E-state index in [4.69, 9.17) is 0 Å². The molecule has 3 rings (SSSR count). The first-order valence-electron chi connectivity index (χ1n) is 7.67. The number of hydrogen-bond donors (Lipinski definition) is 2. The van der Waals surface area contributed by atoms with E-state index in [2.05, 4.69) is 54.5 Å². The van der Waals surface area contributed by atoms with Gasteiger partial charge in [-0.3, -0.25) is 4.99 Å². The van der Waals surface area contributed by atoms with Crippen molar-refractivity contribution in [3.8, 4) is 0 Å². The van der Waals surface area contributed by atoms with Crippen molar-refractivity contribution in [2.24, 2.45) is 22.2 Å². The first-order valence-corrected chi connectivity index (χ1v) is 7.67. The molecule has 0 amide bonds. The highest BCUT2D eigenvalue weighted by atomic mass is 15.6. The van der Waals surface area contributed by atoms with Crippen molar-refractivity contribution in [1.29, 1.82) is 0 Å². The fourth-order valence-corrected chi connectivity index (χ4v) is 3.17. The maximum Gasteiger partial charge on any atom is 0.145 e. The molecule has 1 fully saturated rings. The zero-order valence-corrected chi connectivity index (χ0v) is 13.2. The Kier molecular flexibility index (Phi) is 3.16. The lowest BCUT2D eigenvalue weighted by Gasteiger charge is -2.36. The average molecular weight is 274 g/mol. The van der Waals surface area contributed by atoms with Crippen LogP contribution in [0.25, 0.3) is 0 Å². The lowest BCUT2D eigenvalue weighted by atomic mass is 9.82. The molecule has 1 aliphatic carbocycles. The first kappa shape index (κ1) is 13.7. The third-order valence-corrected chi connectivity index (χ3v) is 4.93. The minimum atomic E-state index is 0.208. The molecule has 0 aromatic heterocycles. The quantitative estimate of drug-likeness (QED) is 0.831. The Labute approximate surface area is 122 Å². The summed E-state index contributed by atoms with van der Waals surface area (Å²) in [7, 11) is 1.87. The summed E-state index contributed by atoms with van der Waals surface area (Å²) in [6.45, 7) is 10.1. The van der Waals surface area contributed by atoms with Crippen molar-refractivity contribution in [2.45, 2.75) is 40.5 Å². The SMILES string of the molecule is CN=C1C=C(C(C)(C)C2CC2)NC2=C(C(C)C)CNN12. The van der Waals surface area contributed by atoms with Gasteiger partial charge in [0.05, 0.1) is 0 Å². The van der Waals surface area contributed by atoms with Crippen LogP contribution in [0.1, 0.15) is 40.5 Å². The van der Waals surface area contributed by atoms with Gasteiger partial charge in [0.2, 0.25) is 0 Å². The van der Waals surface area contributed by atoms with E-state index in [1.165, 1.54) is 29.9 Å². The number of hydrazine groups is 1. The summed E-state index contributed by atoms with van der Waals surface area (Å²) in [6.07, 6.45) is 4.91. The molecule has 2 N–H and O–H groups in total. The summed E-state index contributed by atoms with van der Waals surface area (Å²) in [5, 5.41) is 5.80. The summed E-state index contributed by atoms with van der Waals surface area (Å²) >= 11 is 0. The molecule has 0 bridgehead atoms. The second-order valence-electron chi connectivity index (χ2n) is 6.96. The van der Waals surface area contributed by atoms with Gasteiger partial charge in [-0.05, 0) is 30.3 Å². The smallest absolute Gasteiger partial charge is 0.145 e. The van der Waals surface area contributed by atoms with Gasteiger partial charge < -0.3 is 5.32 Å². The zero-order valence-electron chi connectivity index (χ0n) is 13.2. The number of amidine groups is 1. The van der Waals surface area contributed by atoms with Crippen LogP contribution in [0.4, 0.5) is 0 Å². The molecule has 4 nitrogen and oxygen atoms in total. The summed E-state index contributed by atoms with van der Waals surface area (Å²) in [5.41, 5.74) is 6.38. The van der Waals surface area contributed by atoms with Crippen LogP contribution < -0.4 is 10.7 Å². The number of nitrogens with zero attached hydrogens (tertiary/aromatic N) is 2. The number of fused-ring (bicyclic) bond motifs is 1. The van der Waals surface area contributed by atoms with Crippen LogP contribution in [-0.2, 0) is 0 Å². The average Bonchev–Trinajstić information content (AvgIpc) is 3.17. The molecular weight excluding hydrogens is 248 g/mol. The van der Waals surface area contributed by atoms with E-state index in [1.54, 1.807) is 0 Å². The van der Waals surface area contributed by atoms with E-state index in [1.807, 2.05) is 7.05 Å². The van der Waals surface area contributed by atoms with Crippen molar-refractivity contribution in [3.05, 3.63) is 23.2 Å². The Hall–Kier alpha value is -1.29. The second kappa shape index (κ2) is 4.62. The van der Waals surface area contributed by atoms with Crippen molar-refractivity contribution < 1.29 is 0 Å². The van der Waals surface area contributed by atoms with Crippen molar-refractivity contribution in [1.82, 2.24) is 15.8 Å². The Morgan fingerprint density at radius 2 is 2.05 bits per heavy atom. The summed E-state index contributed by atoms with van der Waals surface area (Å²) in [5.74, 6) is 3.56. The molecule has 4 heteroatoms. The van der Waals surface area contributed by atoms with E-state index >= 15 is 0 Å². The fourth-order valence-electron chi connectivity index (χ4n) is 3.17. The molecular formula is C16H26N4. The molecule has 0 radical (unpaired) electrons. The number of nitrogens with one attached hydrogen (secondary N) is 2. The molecule has 0 saturated heterocycles. The van der Waals surface area contributed by atoms with Gasteiger partial charge in [0.1, 0.15) is 11.7 Å². The third kappa shape index (κ3) is 2.06. The van der Waals surface area contributed by atoms with Crippen LogP contribution in [0.3, 0.4) is 0 Å². The van der Waals surface area contributed by atoms with E-state index in [9.17, 15) is 0 Å². The number of allylic oxidation sites excluding steroid dienone is 1. The Bertz CT molecular complexity index is 507. The summed E-state index contributed by atoms with van der Waals surface area (Å²) in [6, 6.07) is 0. The monoisotopic (exact) mass is 274 g/mol. The predicted molar refractivity (Wildman–Crippen MR) is 82.8 cm³/mol. The summed E-state index contributed by atoms with van der Waals surface area (Å²) < 4.78 is 0. The molecule has 0 aromatic rings. The normalized spacial score (nSPS) is 25.2. The van der Waals surface area contributed by atoms with Crippen LogP contribution in [-0.4, -0.2) is 24.4 Å². The topological polar surface area (TPSA) is 39.7 Å². The lowest BCUT2D eigenvalue weighted by molar-refractivity contribution is 0.331. The van der Waals surface area contributed by atoms with E-state index in [-0.39, 0.29) is 5.41 Å². The predicted octanol–water partition coefficient (Wildman–Crippen LogP) is 2.63. The number of rotatable bonds is 3. The molecule has 0 aromatic carbocycles. The molecule has 0 atom stereocenters. The highest BCUT2D eigenvalue weighted by Crippen LogP contribution is 2.49. The standard InChI is InChI=1S/C16H26N4/c1-10(2)12-9-18-20-14(17-5)8-13(19-15(12)20)16(3,4)11-6-7-11/h8,10-11,18-19H,6-7,9H2,1-5H3. The molecule has 2 aliphatic heterocycles. The minimum absolute atomic E-state index is 0.208. The Morgan fingerprint density at radius 1 is 1.35 bits per heavy atom. The van der Waals surface area contributed by atoms with E-state index in [0.717, 1.165) is 18.3 Å². The minimum Gasteiger partial charge on any atom is -0.343 e. The second-order valence-corrected chi connectivity index (χ2v) is 6.96. The fraction of sp³-hybridized carbons (Fsp3) is 0.688.